The third-order valence-corrected chi connectivity index (χ3v) is 6.35. The van der Waals surface area contributed by atoms with E-state index in [-0.39, 0.29) is 34.4 Å². The zero-order chi connectivity index (χ0) is 22.3. The van der Waals surface area contributed by atoms with Gasteiger partial charge in [-0.2, -0.15) is 0 Å². The molecule has 1 unspecified atom stereocenters. The predicted molar refractivity (Wildman–Crippen MR) is 107 cm³/mol. The number of sulfonamides is 1. The van der Waals surface area contributed by atoms with Crippen LogP contribution in [0.15, 0.2) is 23.1 Å². The van der Waals surface area contributed by atoms with Crippen molar-refractivity contribution in [1.82, 2.24) is 9.62 Å². The molecule has 30 heavy (non-hydrogen) atoms. The molecule has 11 heteroatoms. The molecule has 2 rings (SSSR count). The number of likely N-dealkylation sites (tertiary alicyclic amines) is 1. The molecule has 10 nitrogen and oxygen atoms in total. The van der Waals surface area contributed by atoms with Gasteiger partial charge in [0.15, 0.2) is 0 Å². The first-order valence-electron chi connectivity index (χ1n) is 9.51. The van der Waals surface area contributed by atoms with Crippen LogP contribution in [0.25, 0.3) is 0 Å². The van der Waals surface area contributed by atoms with Crippen molar-refractivity contribution in [2.45, 2.75) is 24.2 Å². The highest BCUT2D eigenvalue weighted by molar-refractivity contribution is 7.89. The predicted octanol–water partition coefficient (Wildman–Crippen LogP) is 0.126. The van der Waals surface area contributed by atoms with E-state index in [4.69, 9.17) is 5.73 Å². The summed E-state index contributed by atoms with van der Waals surface area (Å²) in [6.07, 6.45) is 2.17. The van der Waals surface area contributed by atoms with Gasteiger partial charge in [0.25, 0.3) is 0 Å². The molecule has 0 radical (unpaired) electrons. The number of piperidine rings is 1. The number of rotatable bonds is 9. The van der Waals surface area contributed by atoms with E-state index in [9.17, 15) is 22.8 Å². The van der Waals surface area contributed by atoms with Crippen LogP contribution in [0.3, 0.4) is 0 Å². The topological polar surface area (TPSA) is 145 Å². The molecule has 1 heterocycles. The lowest BCUT2D eigenvalue weighted by atomic mass is 9.97. The highest BCUT2D eigenvalue weighted by Crippen LogP contribution is 2.18. The average Bonchev–Trinajstić information content (AvgIpc) is 2.75. The van der Waals surface area contributed by atoms with E-state index in [0.717, 1.165) is 45.7 Å². The molecule has 166 valence electrons. The number of benzene rings is 1. The van der Waals surface area contributed by atoms with Crippen LogP contribution in [0.2, 0.25) is 0 Å². The SMILES string of the molecule is COC(=O)c1cc(C(=O)OC)cc(S(=O)(=O)NCCCN2CCCC(C(N)=O)C2)c1. The van der Waals surface area contributed by atoms with Gasteiger partial charge in [0, 0.05) is 13.1 Å². The number of nitrogens with one attached hydrogen (secondary N) is 1. The van der Waals surface area contributed by atoms with E-state index in [1.807, 2.05) is 0 Å². The minimum Gasteiger partial charge on any atom is -0.465 e. The Morgan fingerprint density at radius 2 is 1.73 bits per heavy atom. The number of hydrogen-bond acceptors (Lipinski definition) is 8. The van der Waals surface area contributed by atoms with Gasteiger partial charge in [-0.15, -0.1) is 0 Å². The van der Waals surface area contributed by atoms with E-state index < -0.39 is 22.0 Å². The fraction of sp³-hybridized carbons (Fsp3) is 0.526. The van der Waals surface area contributed by atoms with Crippen LogP contribution in [0.1, 0.15) is 40.0 Å². The van der Waals surface area contributed by atoms with Crippen molar-refractivity contribution in [3.8, 4) is 0 Å². The van der Waals surface area contributed by atoms with Crippen LogP contribution in [0.5, 0.6) is 0 Å². The normalized spacial score (nSPS) is 17.3. The van der Waals surface area contributed by atoms with Crippen LogP contribution in [0, 0.1) is 5.92 Å². The van der Waals surface area contributed by atoms with Gasteiger partial charge >= 0.3 is 11.9 Å². The maximum Gasteiger partial charge on any atom is 0.337 e. The molecule has 1 atom stereocenters. The fourth-order valence-corrected chi connectivity index (χ4v) is 4.45. The molecule has 0 aromatic heterocycles. The summed E-state index contributed by atoms with van der Waals surface area (Å²) in [5.41, 5.74) is 5.22. The molecule has 1 aliphatic heterocycles. The number of amides is 1. The second kappa shape index (κ2) is 10.5. The highest BCUT2D eigenvalue weighted by Gasteiger charge is 2.24. The van der Waals surface area contributed by atoms with Crippen molar-refractivity contribution in [3.63, 3.8) is 0 Å². The number of nitrogens with two attached hydrogens (primary N) is 1. The minimum absolute atomic E-state index is 0.0772. The van der Waals surface area contributed by atoms with Crippen molar-refractivity contribution >= 4 is 27.9 Å². The molecule has 1 saturated heterocycles. The quantitative estimate of drug-likeness (QED) is 0.406. The molecular weight excluding hydrogens is 414 g/mol. The fourth-order valence-electron chi connectivity index (χ4n) is 3.31. The molecule has 1 aromatic carbocycles. The Hall–Kier alpha value is -2.50. The number of methoxy groups -OCH3 is 2. The lowest BCUT2D eigenvalue weighted by Gasteiger charge is -2.31. The van der Waals surface area contributed by atoms with Gasteiger partial charge in [-0.05, 0) is 50.6 Å². The molecule has 1 aromatic rings. The molecule has 1 aliphatic rings. The molecule has 3 N–H and O–H groups in total. The lowest BCUT2D eigenvalue weighted by molar-refractivity contribution is -0.123. The van der Waals surface area contributed by atoms with Gasteiger partial charge in [-0.25, -0.2) is 22.7 Å². The molecule has 0 saturated carbocycles. The number of carbonyl (C=O) groups is 3. The highest BCUT2D eigenvalue weighted by atomic mass is 32.2. The number of nitrogens with zero attached hydrogens (tertiary/aromatic N) is 1. The summed E-state index contributed by atoms with van der Waals surface area (Å²) in [5.74, 6) is -2.03. The molecule has 0 aliphatic carbocycles. The van der Waals surface area contributed by atoms with E-state index in [1.165, 1.54) is 6.07 Å². The van der Waals surface area contributed by atoms with Gasteiger partial charge in [0.05, 0.1) is 36.2 Å². The molecular formula is C19H27N3O7S. The van der Waals surface area contributed by atoms with Gasteiger partial charge < -0.3 is 20.1 Å². The summed E-state index contributed by atoms with van der Waals surface area (Å²) in [5, 5.41) is 0. The number of ether oxygens (including phenoxy) is 2. The largest absolute Gasteiger partial charge is 0.465 e. The van der Waals surface area contributed by atoms with Crippen LogP contribution in [-0.4, -0.2) is 71.6 Å². The first kappa shape index (κ1) is 23.8. The third kappa shape index (κ3) is 6.25. The van der Waals surface area contributed by atoms with Crippen LogP contribution in [0.4, 0.5) is 0 Å². The zero-order valence-corrected chi connectivity index (χ0v) is 17.9. The van der Waals surface area contributed by atoms with E-state index in [0.29, 0.717) is 19.5 Å². The van der Waals surface area contributed by atoms with Crippen LogP contribution >= 0.6 is 0 Å². The summed E-state index contributed by atoms with van der Waals surface area (Å²) >= 11 is 0. The van der Waals surface area contributed by atoms with Crippen LogP contribution in [-0.2, 0) is 24.3 Å². The standard InChI is InChI=1S/C19H27N3O7S/c1-28-18(24)14-9-15(19(25)29-2)11-16(10-14)30(26,27)21-6-4-8-22-7-3-5-13(12-22)17(20)23/h9-11,13,21H,3-8,12H2,1-2H3,(H2,20,23). The van der Waals surface area contributed by atoms with E-state index in [1.54, 1.807) is 0 Å². The van der Waals surface area contributed by atoms with Crippen molar-refractivity contribution in [3.05, 3.63) is 29.3 Å². The second-order valence-corrected chi connectivity index (χ2v) is 8.79. The Labute approximate surface area is 175 Å². The Balaban J connectivity index is 2.03. The minimum atomic E-state index is -3.97. The number of hydrogen-bond donors (Lipinski definition) is 2. The van der Waals surface area contributed by atoms with Gasteiger partial charge in [-0.3, -0.25) is 4.79 Å². The molecule has 1 amide bonds. The maximum atomic E-state index is 12.7. The molecule has 1 fully saturated rings. The smallest absolute Gasteiger partial charge is 0.337 e. The molecule has 0 spiro atoms. The summed E-state index contributed by atoms with van der Waals surface area (Å²) in [6, 6.07) is 3.49. The number of primary amides is 1. The van der Waals surface area contributed by atoms with Crippen molar-refractivity contribution in [2.75, 3.05) is 40.4 Å². The first-order valence-corrected chi connectivity index (χ1v) is 11.0. The summed E-state index contributed by atoms with van der Waals surface area (Å²) in [4.78, 5) is 36.9. The second-order valence-electron chi connectivity index (χ2n) is 7.02. The van der Waals surface area contributed by atoms with Crippen LogP contribution < -0.4 is 10.5 Å². The Kier molecular flexibility index (Phi) is 8.33. The van der Waals surface area contributed by atoms with Crippen molar-refractivity contribution in [1.29, 1.82) is 0 Å². The monoisotopic (exact) mass is 441 g/mol. The molecule has 0 bridgehead atoms. The third-order valence-electron chi connectivity index (χ3n) is 4.91. The number of esters is 2. The summed E-state index contributed by atoms with van der Waals surface area (Å²) in [6.45, 7) is 2.17. The summed E-state index contributed by atoms with van der Waals surface area (Å²) < 4.78 is 37.0. The summed E-state index contributed by atoms with van der Waals surface area (Å²) in [7, 11) is -1.66. The maximum absolute atomic E-state index is 12.7. The number of carbonyl (C=O) groups excluding carboxylic acids is 3. The lowest BCUT2D eigenvalue weighted by Crippen LogP contribution is -2.42. The Bertz CT molecular complexity index is 867. The first-order chi connectivity index (χ1) is 14.2. The van der Waals surface area contributed by atoms with E-state index in [2.05, 4.69) is 19.1 Å². The zero-order valence-electron chi connectivity index (χ0n) is 17.0. The van der Waals surface area contributed by atoms with Gasteiger partial charge in [0.2, 0.25) is 15.9 Å². The Morgan fingerprint density at radius 3 is 2.27 bits per heavy atom. The van der Waals surface area contributed by atoms with Crippen molar-refractivity contribution < 1.29 is 32.3 Å². The Morgan fingerprint density at radius 1 is 1.13 bits per heavy atom. The van der Waals surface area contributed by atoms with Gasteiger partial charge in [0.1, 0.15) is 0 Å². The average molecular weight is 442 g/mol. The van der Waals surface area contributed by atoms with Gasteiger partial charge in [-0.1, -0.05) is 0 Å². The van der Waals surface area contributed by atoms with Crippen molar-refractivity contribution in [2.24, 2.45) is 11.7 Å². The van der Waals surface area contributed by atoms with E-state index >= 15 is 0 Å².